The van der Waals surface area contributed by atoms with Crippen molar-refractivity contribution >= 4 is 5.91 Å². The highest BCUT2D eigenvalue weighted by Crippen LogP contribution is 2.22. The van der Waals surface area contributed by atoms with Crippen molar-refractivity contribution in [2.75, 3.05) is 13.1 Å². The van der Waals surface area contributed by atoms with Crippen LogP contribution >= 0.6 is 0 Å². The maximum absolute atomic E-state index is 12.1. The number of likely N-dealkylation sites (tertiary alicyclic amines) is 1. The Morgan fingerprint density at radius 2 is 2.35 bits per heavy atom. The maximum atomic E-state index is 12.1. The second kappa shape index (κ2) is 5.67. The van der Waals surface area contributed by atoms with Crippen molar-refractivity contribution in [3.63, 3.8) is 0 Å². The van der Waals surface area contributed by atoms with Gasteiger partial charge >= 0.3 is 0 Å². The minimum atomic E-state index is 0.160. The summed E-state index contributed by atoms with van der Waals surface area (Å²) in [7, 11) is 0. The molecule has 3 nitrogen and oxygen atoms in total. The molecule has 2 atom stereocenters. The molecule has 1 amide bonds. The second-order valence-corrected chi connectivity index (χ2v) is 5.55. The van der Waals surface area contributed by atoms with Crippen molar-refractivity contribution in [1.82, 2.24) is 4.90 Å². The van der Waals surface area contributed by atoms with Gasteiger partial charge in [-0.25, -0.2) is 0 Å². The molecule has 1 heterocycles. The molecular weight excluding hydrogens is 212 g/mol. The predicted octanol–water partition coefficient (Wildman–Crippen LogP) is 2.07. The van der Waals surface area contributed by atoms with Crippen molar-refractivity contribution in [2.24, 2.45) is 11.7 Å². The number of carbonyl (C=O) groups is 1. The van der Waals surface area contributed by atoms with Gasteiger partial charge in [-0.3, -0.25) is 4.79 Å². The summed E-state index contributed by atoms with van der Waals surface area (Å²) in [5.74, 6) is 0.827. The highest BCUT2D eigenvalue weighted by atomic mass is 16.2. The fourth-order valence-corrected chi connectivity index (χ4v) is 2.70. The first-order chi connectivity index (χ1) is 8.16. The Morgan fingerprint density at radius 1 is 1.53 bits per heavy atom. The van der Waals surface area contributed by atoms with Gasteiger partial charge in [0.05, 0.1) is 0 Å². The lowest BCUT2D eigenvalue weighted by molar-refractivity contribution is -0.132. The standard InChI is InChI=1S/C14H24N2O/c1-11-7-8-16(10-13(11)15)14(17)9-12-5-3-2-4-6-12/h5,11,13H,2-4,6-10,15H2,1H3. The molecule has 0 aromatic rings. The van der Waals surface area contributed by atoms with Crippen LogP contribution in [0.5, 0.6) is 0 Å². The van der Waals surface area contributed by atoms with Crippen LogP contribution in [0.25, 0.3) is 0 Å². The first-order valence-electron chi connectivity index (χ1n) is 6.88. The number of allylic oxidation sites excluding steroid dienone is 1. The number of hydrogen-bond acceptors (Lipinski definition) is 2. The van der Waals surface area contributed by atoms with Crippen LogP contribution in [0.2, 0.25) is 0 Å². The zero-order valence-corrected chi connectivity index (χ0v) is 10.8. The van der Waals surface area contributed by atoms with E-state index in [1.54, 1.807) is 0 Å². The average molecular weight is 236 g/mol. The van der Waals surface area contributed by atoms with E-state index in [0.717, 1.165) is 32.4 Å². The van der Waals surface area contributed by atoms with Crippen LogP contribution in [0.1, 0.15) is 45.4 Å². The van der Waals surface area contributed by atoms with Crippen molar-refractivity contribution in [3.05, 3.63) is 11.6 Å². The molecule has 2 rings (SSSR count). The number of rotatable bonds is 2. The van der Waals surface area contributed by atoms with E-state index in [1.165, 1.54) is 18.4 Å². The van der Waals surface area contributed by atoms with Crippen molar-refractivity contribution in [1.29, 1.82) is 0 Å². The van der Waals surface area contributed by atoms with Crippen LogP contribution in [0.4, 0.5) is 0 Å². The number of carbonyl (C=O) groups excluding carboxylic acids is 1. The van der Waals surface area contributed by atoms with Gasteiger partial charge in [0.1, 0.15) is 0 Å². The Labute approximate surface area is 104 Å². The lowest BCUT2D eigenvalue weighted by atomic mass is 9.93. The lowest BCUT2D eigenvalue weighted by Gasteiger charge is -2.35. The molecule has 0 radical (unpaired) electrons. The summed E-state index contributed by atoms with van der Waals surface area (Å²) in [5.41, 5.74) is 7.37. The Hall–Kier alpha value is -0.830. The fourth-order valence-electron chi connectivity index (χ4n) is 2.70. The molecule has 96 valence electrons. The third kappa shape index (κ3) is 3.32. The van der Waals surface area contributed by atoms with Gasteiger partial charge in [-0.1, -0.05) is 18.6 Å². The van der Waals surface area contributed by atoms with E-state index in [2.05, 4.69) is 13.0 Å². The molecule has 1 aliphatic carbocycles. The van der Waals surface area contributed by atoms with E-state index < -0.39 is 0 Å². The van der Waals surface area contributed by atoms with Crippen molar-refractivity contribution < 1.29 is 4.79 Å². The zero-order chi connectivity index (χ0) is 12.3. The van der Waals surface area contributed by atoms with Crippen LogP contribution < -0.4 is 5.73 Å². The maximum Gasteiger partial charge on any atom is 0.226 e. The minimum Gasteiger partial charge on any atom is -0.341 e. The van der Waals surface area contributed by atoms with E-state index in [1.807, 2.05) is 4.90 Å². The SMILES string of the molecule is CC1CCN(C(=O)CC2=CCCCC2)CC1N. The van der Waals surface area contributed by atoms with Gasteiger partial charge in [0.2, 0.25) is 5.91 Å². The second-order valence-electron chi connectivity index (χ2n) is 5.55. The number of piperidine rings is 1. The molecule has 0 spiro atoms. The molecule has 0 aromatic carbocycles. The van der Waals surface area contributed by atoms with Gasteiger partial charge in [0.15, 0.2) is 0 Å². The summed E-state index contributed by atoms with van der Waals surface area (Å²) in [5, 5.41) is 0. The molecule has 3 heteroatoms. The summed E-state index contributed by atoms with van der Waals surface area (Å²) < 4.78 is 0. The first-order valence-corrected chi connectivity index (χ1v) is 6.88. The van der Waals surface area contributed by atoms with Crippen LogP contribution in [-0.2, 0) is 4.79 Å². The molecule has 0 bridgehead atoms. The summed E-state index contributed by atoms with van der Waals surface area (Å²) in [6, 6.07) is 0.160. The quantitative estimate of drug-likeness (QED) is 0.746. The number of amides is 1. The third-order valence-electron chi connectivity index (χ3n) is 4.13. The number of nitrogens with two attached hydrogens (primary N) is 1. The van der Waals surface area contributed by atoms with E-state index in [0.29, 0.717) is 12.3 Å². The molecule has 1 saturated heterocycles. The molecule has 1 fully saturated rings. The zero-order valence-electron chi connectivity index (χ0n) is 10.8. The Kier molecular flexibility index (Phi) is 4.21. The summed E-state index contributed by atoms with van der Waals surface area (Å²) >= 11 is 0. The molecule has 17 heavy (non-hydrogen) atoms. The van der Waals surface area contributed by atoms with Gasteiger partial charge in [-0.15, -0.1) is 0 Å². The largest absolute Gasteiger partial charge is 0.341 e. The van der Waals surface area contributed by atoms with E-state index >= 15 is 0 Å². The smallest absolute Gasteiger partial charge is 0.226 e. The Bertz CT molecular complexity index is 311. The van der Waals surface area contributed by atoms with Crippen LogP contribution in [0.3, 0.4) is 0 Å². The predicted molar refractivity (Wildman–Crippen MR) is 69.5 cm³/mol. The normalized spacial score (nSPS) is 30.0. The molecular formula is C14H24N2O. The Morgan fingerprint density at radius 3 is 3.00 bits per heavy atom. The highest BCUT2D eigenvalue weighted by molar-refractivity contribution is 5.78. The van der Waals surface area contributed by atoms with E-state index in [9.17, 15) is 4.79 Å². The fraction of sp³-hybridized carbons (Fsp3) is 0.786. The third-order valence-corrected chi connectivity index (χ3v) is 4.13. The molecule has 2 N–H and O–H groups in total. The first kappa shape index (κ1) is 12.6. The molecule has 2 unspecified atom stereocenters. The van der Waals surface area contributed by atoms with Gasteiger partial charge in [0, 0.05) is 25.6 Å². The van der Waals surface area contributed by atoms with Gasteiger partial charge in [-0.2, -0.15) is 0 Å². The molecule has 2 aliphatic rings. The minimum absolute atomic E-state index is 0.160. The number of nitrogens with zero attached hydrogens (tertiary/aromatic N) is 1. The van der Waals surface area contributed by atoms with Crippen LogP contribution in [0, 0.1) is 5.92 Å². The Balaban J connectivity index is 1.85. The van der Waals surface area contributed by atoms with E-state index in [-0.39, 0.29) is 11.9 Å². The monoisotopic (exact) mass is 236 g/mol. The summed E-state index contributed by atoms with van der Waals surface area (Å²) in [6.07, 6.45) is 8.72. The van der Waals surface area contributed by atoms with Crippen LogP contribution in [0.15, 0.2) is 11.6 Å². The van der Waals surface area contributed by atoms with Crippen molar-refractivity contribution in [3.8, 4) is 0 Å². The van der Waals surface area contributed by atoms with Gasteiger partial charge < -0.3 is 10.6 Å². The number of hydrogen-bond donors (Lipinski definition) is 1. The van der Waals surface area contributed by atoms with Gasteiger partial charge in [-0.05, 0) is 38.0 Å². The topological polar surface area (TPSA) is 46.3 Å². The summed E-state index contributed by atoms with van der Waals surface area (Å²) in [6.45, 7) is 3.81. The average Bonchev–Trinajstić information content (AvgIpc) is 2.34. The van der Waals surface area contributed by atoms with E-state index in [4.69, 9.17) is 5.73 Å². The highest BCUT2D eigenvalue weighted by Gasteiger charge is 2.26. The molecule has 0 aromatic heterocycles. The lowest BCUT2D eigenvalue weighted by Crippen LogP contribution is -2.49. The van der Waals surface area contributed by atoms with Crippen LogP contribution in [-0.4, -0.2) is 29.9 Å². The molecule has 0 saturated carbocycles. The van der Waals surface area contributed by atoms with Gasteiger partial charge in [0.25, 0.3) is 0 Å². The molecule has 1 aliphatic heterocycles. The van der Waals surface area contributed by atoms with Crippen molar-refractivity contribution in [2.45, 2.75) is 51.5 Å². The summed E-state index contributed by atoms with van der Waals surface area (Å²) in [4.78, 5) is 14.1.